The quantitative estimate of drug-likeness (QED) is 0.655. The van der Waals surface area contributed by atoms with E-state index in [2.05, 4.69) is 19.9 Å². The van der Waals surface area contributed by atoms with Gasteiger partial charge in [-0.15, -0.1) is 0 Å². The molecule has 5 N–H and O–H groups in total. The maximum Gasteiger partial charge on any atom is 0.264 e. The summed E-state index contributed by atoms with van der Waals surface area (Å²) in [6, 6.07) is 1.07. The van der Waals surface area contributed by atoms with Crippen LogP contribution in [0.4, 0.5) is 20.5 Å². The van der Waals surface area contributed by atoms with E-state index in [4.69, 9.17) is 21.6 Å². The van der Waals surface area contributed by atoms with Gasteiger partial charge in [0.2, 0.25) is 5.95 Å². The van der Waals surface area contributed by atoms with E-state index in [-0.39, 0.29) is 46.3 Å². The predicted molar refractivity (Wildman–Crippen MR) is 101 cm³/mol. The van der Waals surface area contributed by atoms with E-state index in [0.29, 0.717) is 19.8 Å². The fourth-order valence-corrected chi connectivity index (χ4v) is 2.79. The molecule has 0 amide bonds. The highest BCUT2D eigenvalue weighted by Crippen LogP contribution is 2.31. The normalized spacial score (nSPS) is 17.8. The summed E-state index contributed by atoms with van der Waals surface area (Å²) in [4.78, 5) is 18.8. The Labute approximate surface area is 160 Å². The molecule has 0 radical (unpaired) electrons. The molecule has 0 unspecified atom stereocenters. The Morgan fingerprint density at radius 3 is 2.86 bits per heavy atom. The first-order chi connectivity index (χ1) is 13.4. The summed E-state index contributed by atoms with van der Waals surface area (Å²) in [6.45, 7) is 3.43. The molecule has 148 valence electrons. The van der Waals surface area contributed by atoms with E-state index in [1.165, 1.54) is 12.3 Å². The second kappa shape index (κ2) is 8.21. The van der Waals surface area contributed by atoms with Gasteiger partial charge in [-0.3, -0.25) is 0 Å². The molecular weight excluding hydrogens is 370 g/mol. The van der Waals surface area contributed by atoms with Gasteiger partial charge in [0, 0.05) is 30.1 Å². The van der Waals surface area contributed by atoms with Gasteiger partial charge in [0.1, 0.15) is 5.82 Å². The van der Waals surface area contributed by atoms with Crippen molar-refractivity contribution in [3.63, 3.8) is 0 Å². The van der Waals surface area contributed by atoms with Crippen LogP contribution in [0.5, 0.6) is 0 Å². The molecule has 28 heavy (non-hydrogen) atoms. The Kier molecular flexibility index (Phi) is 5.73. The lowest BCUT2D eigenvalue weighted by Gasteiger charge is -2.33. The second-order valence-electron chi connectivity index (χ2n) is 6.19. The van der Waals surface area contributed by atoms with Crippen molar-refractivity contribution in [1.82, 2.24) is 19.9 Å². The van der Waals surface area contributed by atoms with Crippen LogP contribution < -0.4 is 16.4 Å². The average molecular weight is 390 g/mol. The van der Waals surface area contributed by atoms with E-state index in [1.54, 1.807) is 0 Å². The Morgan fingerprint density at radius 1 is 1.39 bits per heavy atom. The summed E-state index contributed by atoms with van der Waals surface area (Å²) in [6.07, 6.45) is 0.714. The van der Waals surface area contributed by atoms with Crippen molar-refractivity contribution in [2.45, 2.75) is 19.4 Å². The lowest BCUT2D eigenvalue weighted by molar-refractivity contribution is 0.0980. The van der Waals surface area contributed by atoms with E-state index >= 15 is 0 Å². The molecule has 0 aliphatic carbocycles. The molecule has 0 saturated carbocycles. The fraction of sp³-hybridized carbons (Fsp3) is 0.353. The first kappa shape index (κ1) is 19.5. The standard InChI is InChI=1S/C17H20F2N8O/c1-9-8-28-5-4-27(9)17-25-15(24-16(26-17)12(21)2-3-20)11-7-23-13(22)6-10(11)14(18)19/h2-3,6-7,9,14,20H,4-5,8,21H2,1H3,(H2,22,23)/t9-/m1/s1. The van der Waals surface area contributed by atoms with Crippen molar-refractivity contribution in [3.8, 4) is 11.4 Å². The molecular formula is C17H20F2N8O. The zero-order chi connectivity index (χ0) is 20.3. The third kappa shape index (κ3) is 4.03. The van der Waals surface area contributed by atoms with E-state index in [1.807, 2.05) is 11.8 Å². The topological polar surface area (TPSA) is 140 Å². The summed E-state index contributed by atoms with van der Waals surface area (Å²) < 4.78 is 32.5. The first-order valence-electron chi connectivity index (χ1n) is 8.51. The maximum atomic E-state index is 13.5. The van der Waals surface area contributed by atoms with Crippen LogP contribution in [-0.4, -0.2) is 52.0 Å². The smallest absolute Gasteiger partial charge is 0.264 e. The summed E-state index contributed by atoms with van der Waals surface area (Å²) in [5.41, 5.74) is 11.3. The van der Waals surface area contributed by atoms with Crippen molar-refractivity contribution in [2.75, 3.05) is 30.4 Å². The Hall–Kier alpha value is -3.21. The molecule has 1 aliphatic heterocycles. The summed E-state index contributed by atoms with van der Waals surface area (Å²) in [5.74, 6) is 0.342. The largest absolute Gasteiger partial charge is 0.396 e. The Bertz CT molecular complexity index is 905. The lowest BCUT2D eigenvalue weighted by atomic mass is 10.1. The number of pyridine rings is 1. The number of halogens is 2. The minimum Gasteiger partial charge on any atom is -0.396 e. The van der Waals surface area contributed by atoms with Crippen molar-refractivity contribution >= 4 is 23.7 Å². The molecule has 11 heteroatoms. The number of hydrogen-bond donors (Lipinski definition) is 3. The highest BCUT2D eigenvalue weighted by molar-refractivity contribution is 5.80. The third-order valence-corrected chi connectivity index (χ3v) is 4.20. The van der Waals surface area contributed by atoms with Crippen LogP contribution in [-0.2, 0) is 4.74 Å². The number of aromatic nitrogens is 4. The third-order valence-electron chi connectivity index (χ3n) is 4.20. The van der Waals surface area contributed by atoms with Gasteiger partial charge >= 0.3 is 0 Å². The minimum atomic E-state index is -2.79. The molecule has 0 spiro atoms. The van der Waals surface area contributed by atoms with Gasteiger partial charge in [-0.05, 0) is 19.1 Å². The highest BCUT2D eigenvalue weighted by atomic mass is 19.3. The Morgan fingerprint density at radius 2 is 2.18 bits per heavy atom. The molecule has 0 bridgehead atoms. The van der Waals surface area contributed by atoms with Gasteiger partial charge in [0.05, 0.1) is 25.0 Å². The number of nitrogen functional groups attached to an aromatic ring is 1. The van der Waals surface area contributed by atoms with Crippen molar-refractivity contribution < 1.29 is 13.5 Å². The van der Waals surface area contributed by atoms with Gasteiger partial charge in [-0.1, -0.05) is 0 Å². The fourth-order valence-electron chi connectivity index (χ4n) is 2.79. The molecule has 2 aromatic rings. The van der Waals surface area contributed by atoms with Crippen molar-refractivity contribution in [3.05, 3.63) is 29.7 Å². The number of nitrogens with zero attached hydrogens (tertiary/aromatic N) is 5. The second-order valence-corrected chi connectivity index (χ2v) is 6.19. The van der Waals surface area contributed by atoms with Crippen LogP contribution >= 0.6 is 0 Å². The Balaban J connectivity index is 2.18. The van der Waals surface area contributed by atoms with Gasteiger partial charge in [0.15, 0.2) is 11.6 Å². The lowest BCUT2D eigenvalue weighted by Crippen LogP contribution is -2.44. The number of anilines is 2. The number of allylic oxidation sites excluding steroid dienone is 1. The van der Waals surface area contributed by atoms with Gasteiger partial charge in [-0.25, -0.2) is 18.7 Å². The average Bonchev–Trinajstić information content (AvgIpc) is 2.68. The molecule has 3 rings (SSSR count). The SMILES string of the molecule is C[C@@H]1COCCN1c1nc(C(N)=CC=N)nc(-c2cnc(N)cc2C(F)F)n1. The van der Waals surface area contributed by atoms with Crippen molar-refractivity contribution in [2.24, 2.45) is 5.73 Å². The van der Waals surface area contributed by atoms with E-state index in [9.17, 15) is 8.78 Å². The predicted octanol–water partition coefficient (Wildman–Crippen LogP) is 1.63. The zero-order valence-electron chi connectivity index (χ0n) is 15.1. The maximum absolute atomic E-state index is 13.5. The number of nitrogens with two attached hydrogens (primary N) is 2. The number of ether oxygens (including phenoxy) is 1. The van der Waals surface area contributed by atoms with Gasteiger partial charge in [-0.2, -0.15) is 9.97 Å². The van der Waals surface area contributed by atoms with Crippen LogP contribution in [0, 0.1) is 5.41 Å². The number of rotatable bonds is 5. The van der Waals surface area contributed by atoms with E-state index < -0.39 is 6.43 Å². The van der Waals surface area contributed by atoms with Crippen LogP contribution in [0.3, 0.4) is 0 Å². The van der Waals surface area contributed by atoms with Gasteiger partial charge < -0.3 is 26.5 Å². The summed E-state index contributed by atoms with van der Waals surface area (Å²) in [5, 5.41) is 7.19. The number of nitrogens with one attached hydrogen (secondary N) is 1. The molecule has 9 nitrogen and oxygen atoms in total. The van der Waals surface area contributed by atoms with Crippen LogP contribution in [0.15, 0.2) is 18.3 Å². The first-order valence-corrected chi connectivity index (χ1v) is 8.51. The van der Waals surface area contributed by atoms with Crippen LogP contribution in [0.1, 0.15) is 24.7 Å². The number of morpholine rings is 1. The molecule has 1 aliphatic rings. The highest BCUT2D eigenvalue weighted by Gasteiger charge is 2.25. The van der Waals surface area contributed by atoms with E-state index in [0.717, 1.165) is 12.3 Å². The monoisotopic (exact) mass is 390 g/mol. The molecule has 1 saturated heterocycles. The van der Waals surface area contributed by atoms with Crippen molar-refractivity contribution in [1.29, 1.82) is 5.41 Å². The minimum absolute atomic E-state index is 0.00261. The summed E-state index contributed by atoms with van der Waals surface area (Å²) in [7, 11) is 0. The van der Waals surface area contributed by atoms with Crippen LogP contribution in [0.2, 0.25) is 0 Å². The summed E-state index contributed by atoms with van der Waals surface area (Å²) >= 11 is 0. The molecule has 2 aromatic heterocycles. The zero-order valence-corrected chi connectivity index (χ0v) is 15.1. The van der Waals surface area contributed by atoms with Gasteiger partial charge in [0.25, 0.3) is 6.43 Å². The van der Waals surface area contributed by atoms with Crippen LogP contribution in [0.25, 0.3) is 17.1 Å². The number of hydrogen-bond acceptors (Lipinski definition) is 9. The molecule has 0 aromatic carbocycles. The number of alkyl halides is 2. The molecule has 3 heterocycles. The molecule has 1 fully saturated rings. The molecule has 1 atom stereocenters.